The summed E-state index contributed by atoms with van der Waals surface area (Å²) in [4.78, 5) is 4.17. The van der Waals surface area contributed by atoms with Crippen LogP contribution >= 0.6 is 0 Å². The van der Waals surface area contributed by atoms with Gasteiger partial charge in [-0.3, -0.25) is 4.99 Å². The van der Waals surface area contributed by atoms with E-state index < -0.39 is 0 Å². The van der Waals surface area contributed by atoms with Crippen molar-refractivity contribution in [1.82, 2.24) is 10.6 Å². The summed E-state index contributed by atoms with van der Waals surface area (Å²) >= 11 is 0. The van der Waals surface area contributed by atoms with Crippen LogP contribution in [0.15, 0.2) is 29.3 Å². The molecule has 0 aromatic heterocycles. The highest BCUT2D eigenvalue weighted by molar-refractivity contribution is 5.79. The lowest BCUT2D eigenvalue weighted by molar-refractivity contribution is 0.389. The number of nitrogens with zero attached hydrogens (tertiary/aromatic N) is 1. The molecule has 0 fully saturated rings. The zero-order valence-corrected chi connectivity index (χ0v) is 11.6. The largest absolute Gasteiger partial charge is 0.359 e. The van der Waals surface area contributed by atoms with E-state index in [0.717, 1.165) is 12.5 Å². The fraction of sp³-hybridized carbons (Fsp3) is 0.533. The van der Waals surface area contributed by atoms with E-state index >= 15 is 0 Å². The summed E-state index contributed by atoms with van der Waals surface area (Å²) in [5, 5.41) is 6.48. The molecule has 1 aromatic rings. The average molecular weight is 245 g/mol. The summed E-state index contributed by atoms with van der Waals surface area (Å²) in [5.74, 6) is 0.860. The third kappa shape index (κ3) is 2.50. The zero-order valence-electron chi connectivity index (χ0n) is 11.6. The van der Waals surface area contributed by atoms with Crippen LogP contribution in [-0.4, -0.2) is 26.6 Å². The molecule has 18 heavy (non-hydrogen) atoms. The van der Waals surface area contributed by atoms with Gasteiger partial charge in [0.1, 0.15) is 0 Å². The Kier molecular flexibility index (Phi) is 3.90. The maximum absolute atomic E-state index is 4.17. The SMILES string of the molecule is CN=C(NC)NCC1(C)CCCc2ccccc21. The van der Waals surface area contributed by atoms with Crippen molar-refractivity contribution >= 4 is 5.96 Å². The van der Waals surface area contributed by atoms with Crippen molar-refractivity contribution in [3.63, 3.8) is 0 Å². The quantitative estimate of drug-likeness (QED) is 0.618. The molecule has 98 valence electrons. The molecule has 1 unspecified atom stereocenters. The number of nitrogens with one attached hydrogen (secondary N) is 2. The van der Waals surface area contributed by atoms with E-state index in [-0.39, 0.29) is 5.41 Å². The number of rotatable bonds is 2. The van der Waals surface area contributed by atoms with Crippen LogP contribution in [0.4, 0.5) is 0 Å². The first-order valence-corrected chi connectivity index (χ1v) is 6.66. The topological polar surface area (TPSA) is 36.4 Å². The minimum atomic E-state index is 0.210. The molecule has 0 saturated heterocycles. The lowest BCUT2D eigenvalue weighted by Gasteiger charge is -2.36. The molecule has 3 nitrogen and oxygen atoms in total. The molecule has 1 aliphatic carbocycles. The van der Waals surface area contributed by atoms with Crippen molar-refractivity contribution in [3.8, 4) is 0 Å². The number of fused-ring (bicyclic) bond motifs is 1. The molecule has 1 atom stereocenters. The van der Waals surface area contributed by atoms with Crippen LogP contribution in [0.5, 0.6) is 0 Å². The molecule has 0 radical (unpaired) electrons. The Morgan fingerprint density at radius 1 is 1.39 bits per heavy atom. The lowest BCUT2D eigenvalue weighted by Crippen LogP contribution is -2.44. The van der Waals surface area contributed by atoms with Crippen LogP contribution in [0, 0.1) is 0 Å². The van der Waals surface area contributed by atoms with Gasteiger partial charge in [0.2, 0.25) is 0 Å². The molecule has 3 heteroatoms. The zero-order chi connectivity index (χ0) is 13.0. The van der Waals surface area contributed by atoms with Gasteiger partial charge in [-0.2, -0.15) is 0 Å². The highest BCUT2D eigenvalue weighted by Crippen LogP contribution is 2.36. The maximum atomic E-state index is 4.17. The van der Waals surface area contributed by atoms with E-state index in [1.807, 2.05) is 7.05 Å². The van der Waals surface area contributed by atoms with Crippen LogP contribution < -0.4 is 10.6 Å². The number of aryl methyl sites for hydroxylation is 1. The van der Waals surface area contributed by atoms with E-state index in [1.165, 1.54) is 30.4 Å². The Bertz CT molecular complexity index is 439. The van der Waals surface area contributed by atoms with Crippen LogP contribution in [0.2, 0.25) is 0 Å². The van der Waals surface area contributed by atoms with E-state index in [1.54, 1.807) is 7.05 Å². The number of guanidine groups is 1. The van der Waals surface area contributed by atoms with Gasteiger partial charge in [-0.25, -0.2) is 0 Å². The molecule has 1 aliphatic rings. The molecule has 0 saturated carbocycles. The molecule has 1 aromatic carbocycles. The summed E-state index contributed by atoms with van der Waals surface area (Å²) in [6.45, 7) is 3.28. The highest BCUT2D eigenvalue weighted by Gasteiger charge is 2.31. The van der Waals surface area contributed by atoms with Gasteiger partial charge in [0.25, 0.3) is 0 Å². The van der Waals surface area contributed by atoms with Gasteiger partial charge in [-0.1, -0.05) is 31.2 Å². The fourth-order valence-corrected chi connectivity index (χ4v) is 2.87. The Hall–Kier alpha value is -1.51. The fourth-order valence-electron chi connectivity index (χ4n) is 2.87. The van der Waals surface area contributed by atoms with Crippen LogP contribution in [-0.2, 0) is 11.8 Å². The minimum Gasteiger partial charge on any atom is -0.359 e. The molecule has 2 N–H and O–H groups in total. The summed E-state index contributed by atoms with van der Waals surface area (Å²) in [6.07, 6.45) is 3.72. The van der Waals surface area contributed by atoms with Crippen molar-refractivity contribution in [3.05, 3.63) is 35.4 Å². The van der Waals surface area contributed by atoms with Crippen LogP contribution in [0.3, 0.4) is 0 Å². The molecule has 0 heterocycles. The smallest absolute Gasteiger partial charge is 0.190 e. The van der Waals surface area contributed by atoms with Crippen molar-refractivity contribution < 1.29 is 0 Å². The standard InChI is InChI=1S/C15H23N3/c1-15(11-18-14(16-2)17-3)10-6-8-12-7-4-5-9-13(12)15/h4-5,7,9H,6,8,10-11H2,1-3H3,(H2,16,17,18). The number of benzene rings is 1. The van der Waals surface area contributed by atoms with E-state index in [2.05, 4.69) is 46.8 Å². The van der Waals surface area contributed by atoms with Gasteiger partial charge in [-0.05, 0) is 30.4 Å². The summed E-state index contributed by atoms with van der Waals surface area (Å²) in [6, 6.07) is 8.83. The third-order valence-electron chi connectivity index (χ3n) is 3.95. The Labute approximate surface area is 110 Å². The molecule has 0 aliphatic heterocycles. The van der Waals surface area contributed by atoms with Gasteiger partial charge >= 0.3 is 0 Å². The molecule has 0 spiro atoms. The first-order valence-electron chi connectivity index (χ1n) is 6.66. The second kappa shape index (κ2) is 5.42. The number of aliphatic imine (C=N–C) groups is 1. The second-order valence-corrected chi connectivity index (χ2v) is 5.25. The van der Waals surface area contributed by atoms with Gasteiger partial charge in [0.15, 0.2) is 5.96 Å². The first kappa shape index (κ1) is 12.9. The molecular formula is C15H23N3. The lowest BCUT2D eigenvalue weighted by atomic mass is 9.71. The second-order valence-electron chi connectivity index (χ2n) is 5.25. The third-order valence-corrected chi connectivity index (χ3v) is 3.95. The van der Waals surface area contributed by atoms with Crippen molar-refractivity contribution in [2.24, 2.45) is 4.99 Å². The van der Waals surface area contributed by atoms with Crippen molar-refractivity contribution in [1.29, 1.82) is 0 Å². The monoisotopic (exact) mass is 245 g/mol. The Morgan fingerprint density at radius 2 is 2.17 bits per heavy atom. The molecule has 0 bridgehead atoms. The minimum absolute atomic E-state index is 0.210. The normalized spacial score (nSPS) is 23.4. The van der Waals surface area contributed by atoms with E-state index in [0.29, 0.717) is 0 Å². The molecule has 0 amide bonds. The average Bonchev–Trinajstić information content (AvgIpc) is 2.40. The maximum Gasteiger partial charge on any atom is 0.190 e. The van der Waals surface area contributed by atoms with Crippen LogP contribution in [0.1, 0.15) is 30.9 Å². The van der Waals surface area contributed by atoms with Crippen LogP contribution in [0.25, 0.3) is 0 Å². The predicted octanol–water partition coefficient (Wildman–Crippen LogP) is 2.08. The number of hydrogen-bond donors (Lipinski definition) is 2. The molecular weight excluding hydrogens is 222 g/mol. The van der Waals surface area contributed by atoms with Gasteiger partial charge < -0.3 is 10.6 Å². The Morgan fingerprint density at radius 3 is 2.89 bits per heavy atom. The number of hydrogen-bond acceptors (Lipinski definition) is 1. The van der Waals surface area contributed by atoms with Gasteiger partial charge in [0, 0.05) is 26.1 Å². The van der Waals surface area contributed by atoms with Gasteiger partial charge in [-0.15, -0.1) is 0 Å². The summed E-state index contributed by atoms with van der Waals surface area (Å²) in [7, 11) is 3.70. The van der Waals surface area contributed by atoms with Crippen molar-refractivity contribution in [2.45, 2.75) is 31.6 Å². The van der Waals surface area contributed by atoms with E-state index in [4.69, 9.17) is 0 Å². The highest BCUT2D eigenvalue weighted by atomic mass is 15.2. The predicted molar refractivity (Wildman–Crippen MR) is 77.2 cm³/mol. The van der Waals surface area contributed by atoms with E-state index in [9.17, 15) is 0 Å². The molecule has 2 rings (SSSR count). The van der Waals surface area contributed by atoms with Gasteiger partial charge in [0.05, 0.1) is 0 Å². The van der Waals surface area contributed by atoms with Crippen molar-refractivity contribution in [2.75, 3.05) is 20.6 Å². The summed E-state index contributed by atoms with van der Waals surface area (Å²) in [5.41, 5.74) is 3.21. The Balaban J connectivity index is 2.17. The first-order chi connectivity index (χ1) is 8.69. The summed E-state index contributed by atoms with van der Waals surface area (Å²) < 4.78 is 0.